The van der Waals surface area contributed by atoms with Crippen LogP contribution in [0.4, 0.5) is 5.69 Å². The maximum Gasteiger partial charge on any atom is 0.367 e. The molecule has 0 saturated carbocycles. The second-order valence-corrected chi connectivity index (χ2v) is 2.72. The molecule has 0 aliphatic heterocycles. The van der Waals surface area contributed by atoms with Gasteiger partial charge in [0.05, 0.1) is 12.8 Å². The maximum absolute atomic E-state index is 10.4. The van der Waals surface area contributed by atoms with E-state index in [0.29, 0.717) is 11.4 Å². The van der Waals surface area contributed by atoms with Crippen LogP contribution in [0.15, 0.2) is 29.4 Å². The molecular formula is C10H9N3O3. The summed E-state index contributed by atoms with van der Waals surface area (Å²) in [6.07, 6.45) is 0. The molecule has 0 unspecified atom stereocenters. The van der Waals surface area contributed by atoms with Crippen LogP contribution < -0.4 is 10.2 Å². The molecule has 16 heavy (non-hydrogen) atoms. The van der Waals surface area contributed by atoms with Crippen LogP contribution in [-0.2, 0) is 4.79 Å². The van der Waals surface area contributed by atoms with Crippen LogP contribution in [0.3, 0.4) is 0 Å². The van der Waals surface area contributed by atoms with Crippen molar-refractivity contribution in [3.63, 3.8) is 0 Å². The van der Waals surface area contributed by atoms with Gasteiger partial charge in [0.25, 0.3) is 0 Å². The number of ether oxygens (including phenoxy) is 1. The molecule has 0 spiro atoms. The first-order chi connectivity index (χ1) is 7.67. The normalized spacial score (nSPS) is 10.4. The topological polar surface area (TPSA) is 94.7 Å². The molecule has 0 fully saturated rings. The number of carboxylic acid groups (broad SMARTS) is 1. The van der Waals surface area contributed by atoms with Crippen molar-refractivity contribution >= 4 is 17.4 Å². The average Bonchev–Trinajstić information content (AvgIpc) is 2.30. The molecule has 6 nitrogen and oxygen atoms in total. The summed E-state index contributed by atoms with van der Waals surface area (Å²) in [6, 6.07) is 8.13. The number of nitrogens with one attached hydrogen (secondary N) is 1. The van der Waals surface area contributed by atoms with Crippen LogP contribution in [0, 0.1) is 11.3 Å². The number of benzene rings is 1. The van der Waals surface area contributed by atoms with E-state index in [1.807, 2.05) is 0 Å². The van der Waals surface area contributed by atoms with E-state index in [0.717, 1.165) is 0 Å². The van der Waals surface area contributed by atoms with Crippen molar-refractivity contribution in [1.82, 2.24) is 0 Å². The summed E-state index contributed by atoms with van der Waals surface area (Å²) >= 11 is 0. The largest absolute Gasteiger partial charge is 0.497 e. The number of methoxy groups -OCH3 is 1. The van der Waals surface area contributed by atoms with Crippen molar-refractivity contribution in [1.29, 1.82) is 5.26 Å². The molecule has 0 radical (unpaired) electrons. The Bertz CT molecular complexity index is 445. The molecule has 1 rings (SSSR count). The molecule has 82 valence electrons. The van der Waals surface area contributed by atoms with Crippen molar-refractivity contribution in [2.45, 2.75) is 0 Å². The molecule has 0 aliphatic rings. The monoisotopic (exact) mass is 219 g/mol. The molecule has 2 N–H and O–H groups in total. The number of carboxylic acids is 1. The fourth-order valence-corrected chi connectivity index (χ4v) is 0.907. The van der Waals surface area contributed by atoms with Crippen LogP contribution in [0.1, 0.15) is 0 Å². The maximum atomic E-state index is 10.4. The van der Waals surface area contributed by atoms with Gasteiger partial charge in [0.2, 0.25) is 5.71 Å². The Kier molecular flexibility index (Phi) is 3.86. The smallest absolute Gasteiger partial charge is 0.367 e. The van der Waals surface area contributed by atoms with Crippen molar-refractivity contribution in [2.75, 3.05) is 12.5 Å². The Morgan fingerprint density at radius 1 is 1.50 bits per heavy atom. The number of hydrogen-bond donors (Lipinski definition) is 2. The molecular weight excluding hydrogens is 210 g/mol. The lowest BCUT2D eigenvalue weighted by molar-refractivity contribution is -0.129. The predicted molar refractivity (Wildman–Crippen MR) is 57.3 cm³/mol. The second-order valence-electron chi connectivity index (χ2n) is 2.72. The van der Waals surface area contributed by atoms with Crippen molar-refractivity contribution < 1.29 is 14.6 Å². The van der Waals surface area contributed by atoms with Crippen LogP contribution in [-0.4, -0.2) is 23.9 Å². The number of nitriles is 1. The van der Waals surface area contributed by atoms with E-state index in [4.69, 9.17) is 15.1 Å². The van der Waals surface area contributed by atoms with Crippen molar-refractivity contribution in [2.24, 2.45) is 5.10 Å². The van der Waals surface area contributed by atoms with Crippen molar-refractivity contribution in [3.8, 4) is 11.8 Å². The zero-order chi connectivity index (χ0) is 12.0. The highest BCUT2D eigenvalue weighted by Crippen LogP contribution is 2.14. The zero-order valence-electron chi connectivity index (χ0n) is 8.47. The molecule has 0 atom stereocenters. The third-order valence-corrected chi connectivity index (χ3v) is 1.70. The third-order valence-electron chi connectivity index (χ3n) is 1.70. The summed E-state index contributed by atoms with van der Waals surface area (Å²) in [4.78, 5) is 10.4. The average molecular weight is 219 g/mol. The van der Waals surface area contributed by atoms with Gasteiger partial charge in [-0.05, 0) is 24.3 Å². The van der Waals surface area contributed by atoms with Gasteiger partial charge in [-0.2, -0.15) is 10.4 Å². The van der Waals surface area contributed by atoms with Crippen LogP contribution in [0.5, 0.6) is 5.75 Å². The first-order valence-corrected chi connectivity index (χ1v) is 4.28. The van der Waals surface area contributed by atoms with Gasteiger partial charge in [0.15, 0.2) is 0 Å². The lowest BCUT2D eigenvalue weighted by Gasteiger charge is -2.02. The highest BCUT2D eigenvalue weighted by atomic mass is 16.5. The summed E-state index contributed by atoms with van der Waals surface area (Å²) in [7, 11) is 1.54. The fraction of sp³-hybridized carbons (Fsp3) is 0.100. The van der Waals surface area contributed by atoms with E-state index in [9.17, 15) is 4.79 Å². The van der Waals surface area contributed by atoms with Crippen LogP contribution in [0.25, 0.3) is 0 Å². The summed E-state index contributed by atoms with van der Waals surface area (Å²) in [5.74, 6) is -0.697. The molecule has 1 aromatic rings. The number of hydrazone groups is 1. The van der Waals surface area contributed by atoms with Crippen molar-refractivity contribution in [3.05, 3.63) is 24.3 Å². The molecule has 0 heterocycles. The Morgan fingerprint density at radius 3 is 2.56 bits per heavy atom. The van der Waals surface area contributed by atoms with E-state index in [1.165, 1.54) is 6.07 Å². The molecule has 0 aromatic heterocycles. The number of rotatable bonds is 4. The number of nitrogens with zero attached hydrogens (tertiary/aromatic N) is 2. The van der Waals surface area contributed by atoms with E-state index < -0.39 is 11.7 Å². The van der Waals surface area contributed by atoms with Crippen LogP contribution in [0.2, 0.25) is 0 Å². The molecule has 0 bridgehead atoms. The first kappa shape index (κ1) is 11.5. The number of carbonyl (C=O) groups is 1. The first-order valence-electron chi connectivity index (χ1n) is 4.28. The Hall–Kier alpha value is -2.55. The molecule has 6 heteroatoms. The van der Waals surface area contributed by atoms with Gasteiger partial charge in [0.1, 0.15) is 11.8 Å². The Labute approximate surface area is 91.8 Å². The van der Waals surface area contributed by atoms with E-state index >= 15 is 0 Å². The van der Waals surface area contributed by atoms with Gasteiger partial charge in [-0.25, -0.2) is 4.79 Å². The highest BCUT2D eigenvalue weighted by Gasteiger charge is 2.07. The van der Waals surface area contributed by atoms with Gasteiger partial charge in [-0.1, -0.05) is 0 Å². The predicted octanol–water partition coefficient (Wildman–Crippen LogP) is 1.07. The van der Waals surface area contributed by atoms with Gasteiger partial charge in [-0.15, -0.1) is 0 Å². The van der Waals surface area contributed by atoms with Gasteiger partial charge in [0, 0.05) is 0 Å². The molecule has 1 aromatic carbocycles. The second kappa shape index (κ2) is 5.36. The quantitative estimate of drug-likeness (QED) is 0.583. The van der Waals surface area contributed by atoms with Gasteiger partial charge < -0.3 is 9.84 Å². The Balaban J connectivity index is 2.74. The lowest BCUT2D eigenvalue weighted by Crippen LogP contribution is -2.12. The molecule has 0 aliphatic carbocycles. The minimum absolute atomic E-state index is 0.565. The summed E-state index contributed by atoms with van der Waals surface area (Å²) < 4.78 is 4.94. The molecule has 0 saturated heterocycles. The summed E-state index contributed by atoms with van der Waals surface area (Å²) in [5.41, 5.74) is 2.42. The molecule has 0 amide bonds. The minimum atomic E-state index is -1.37. The Morgan fingerprint density at radius 2 is 2.12 bits per heavy atom. The number of anilines is 1. The number of hydrogen-bond acceptors (Lipinski definition) is 5. The standard InChI is InChI=1S/C10H9N3O3/c1-16-8-4-2-7(3-5-8)12-13-9(6-11)10(14)15/h2-5,12H,1H3,(H,14,15)/b13-9+. The van der Waals surface area contributed by atoms with E-state index in [1.54, 1.807) is 31.4 Å². The number of aliphatic carboxylic acids is 1. The zero-order valence-corrected chi connectivity index (χ0v) is 8.47. The van der Waals surface area contributed by atoms with E-state index in [-0.39, 0.29) is 0 Å². The fourth-order valence-electron chi connectivity index (χ4n) is 0.907. The summed E-state index contributed by atoms with van der Waals surface area (Å²) in [6.45, 7) is 0. The van der Waals surface area contributed by atoms with E-state index in [2.05, 4.69) is 10.5 Å². The highest BCUT2D eigenvalue weighted by molar-refractivity contribution is 6.42. The van der Waals surface area contributed by atoms with Gasteiger partial charge >= 0.3 is 5.97 Å². The lowest BCUT2D eigenvalue weighted by atomic mass is 10.3. The van der Waals surface area contributed by atoms with Crippen LogP contribution >= 0.6 is 0 Å². The third kappa shape index (κ3) is 2.99. The SMILES string of the molecule is COc1ccc(N/N=C(\C#N)C(=O)O)cc1. The minimum Gasteiger partial charge on any atom is -0.497 e. The summed E-state index contributed by atoms with van der Waals surface area (Å²) in [5, 5.41) is 20.4. The van der Waals surface area contributed by atoms with Gasteiger partial charge in [-0.3, -0.25) is 5.43 Å².